The van der Waals surface area contributed by atoms with Crippen LogP contribution in [0.5, 0.6) is 0 Å². The van der Waals surface area contributed by atoms with Gasteiger partial charge in [0, 0.05) is 24.7 Å². The zero-order chi connectivity index (χ0) is 13.8. The Balaban J connectivity index is 1.88. The van der Waals surface area contributed by atoms with Gasteiger partial charge < -0.3 is 10.4 Å². The molecule has 2 heterocycles. The Morgan fingerprint density at radius 1 is 1.58 bits per heavy atom. The molecule has 1 amide bonds. The van der Waals surface area contributed by atoms with Crippen LogP contribution in [0.15, 0.2) is 6.20 Å². The van der Waals surface area contributed by atoms with Gasteiger partial charge in [0.1, 0.15) is 0 Å². The van der Waals surface area contributed by atoms with Crippen molar-refractivity contribution in [1.29, 1.82) is 0 Å². The normalized spacial score (nSPS) is 16.4. The lowest BCUT2D eigenvalue weighted by atomic mass is 10.2. The van der Waals surface area contributed by atoms with E-state index in [9.17, 15) is 4.79 Å². The minimum absolute atomic E-state index is 0.0705. The first kappa shape index (κ1) is 14.0. The topological polar surface area (TPSA) is 70.4 Å². The Kier molecular flexibility index (Phi) is 4.55. The number of nitrogens with zero attached hydrogens (tertiary/aromatic N) is 3. The molecule has 2 N–H and O–H groups in total. The van der Waals surface area contributed by atoms with Gasteiger partial charge in [0.15, 0.2) is 0 Å². The van der Waals surface area contributed by atoms with Crippen molar-refractivity contribution < 1.29 is 9.90 Å². The standard InChI is InChI=1S/C13H22N4O2/c1-3-10(2)15-13(19)9-16-7-11-6-14-17(4-5-18)12(11)8-16/h6,10,18H,3-5,7-9H2,1-2H3,(H,15,19)/t10-/m0/s1. The van der Waals surface area contributed by atoms with E-state index in [1.54, 1.807) is 0 Å². The minimum atomic E-state index is 0.0705. The van der Waals surface area contributed by atoms with E-state index in [2.05, 4.69) is 22.2 Å². The zero-order valence-electron chi connectivity index (χ0n) is 11.6. The number of rotatable bonds is 6. The summed E-state index contributed by atoms with van der Waals surface area (Å²) in [5.74, 6) is 0.0705. The molecule has 6 heteroatoms. The van der Waals surface area contributed by atoms with Crippen molar-refractivity contribution in [3.05, 3.63) is 17.5 Å². The van der Waals surface area contributed by atoms with Crippen LogP contribution in [-0.4, -0.2) is 44.9 Å². The molecule has 2 rings (SSSR count). The SMILES string of the molecule is CC[C@H](C)NC(=O)CN1Cc2cnn(CCO)c2C1. The molecule has 0 spiro atoms. The van der Waals surface area contributed by atoms with Crippen LogP contribution in [0.1, 0.15) is 31.5 Å². The van der Waals surface area contributed by atoms with Crippen molar-refractivity contribution >= 4 is 5.91 Å². The van der Waals surface area contributed by atoms with Crippen LogP contribution in [0, 0.1) is 0 Å². The fraction of sp³-hybridized carbons (Fsp3) is 0.692. The monoisotopic (exact) mass is 266 g/mol. The summed E-state index contributed by atoms with van der Waals surface area (Å²) in [7, 11) is 0. The molecule has 0 radical (unpaired) electrons. The quantitative estimate of drug-likeness (QED) is 0.766. The molecule has 1 aromatic rings. The number of carbonyl (C=O) groups excluding carboxylic acids is 1. The smallest absolute Gasteiger partial charge is 0.234 e. The van der Waals surface area contributed by atoms with Crippen molar-refractivity contribution in [1.82, 2.24) is 20.0 Å². The van der Waals surface area contributed by atoms with Gasteiger partial charge in [-0.25, -0.2) is 0 Å². The van der Waals surface area contributed by atoms with E-state index in [4.69, 9.17) is 5.11 Å². The Labute approximate surface area is 113 Å². The first-order valence-corrected chi connectivity index (χ1v) is 6.80. The molecule has 1 aliphatic rings. The van der Waals surface area contributed by atoms with E-state index in [0.29, 0.717) is 13.1 Å². The number of aromatic nitrogens is 2. The van der Waals surface area contributed by atoms with Gasteiger partial charge in [0.25, 0.3) is 0 Å². The molecule has 0 aromatic carbocycles. The van der Waals surface area contributed by atoms with Gasteiger partial charge in [0.2, 0.25) is 5.91 Å². The van der Waals surface area contributed by atoms with Crippen molar-refractivity contribution in [2.24, 2.45) is 0 Å². The van der Waals surface area contributed by atoms with Crippen molar-refractivity contribution in [2.75, 3.05) is 13.2 Å². The molecular formula is C13H22N4O2. The molecule has 0 aliphatic carbocycles. The highest BCUT2D eigenvalue weighted by Gasteiger charge is 2.24. The van der Waals surface area contributed by atoms with Gasteiger partial charge in [-0.2, -0.15) is 5.10 Å². The lowest BCUT2D eigenvalue weighted by molar-refractivity contribution is -0.123. The summed E-state index contributed by atoms with van der Waals surface area (Å²) < 4.78 is 1.82. The fourth-order valence-corrected chi connectivity index (χ4v) is 2.30. The zero-order valence-corrected chi connectivity index (χ0v) is 11.6. The molecule has 106 valence electrons. The number of aliphatic hydroxyl groups excluding tert-OH is 1. The van der Waals surface area contributed by atoms with Gasteiger partial charge in [0.05, 0.1) is 31.6 Å². The molecule has 0 saturated carbocycles. The van der Waals surface area contributed by atoms with E-state index in [-0.39, 0.29) is 18.6 Å². The van der Waals surface area contributed by atoms with Crippen LogP contribution in [0.25, 0.3) is 0 Å². The minimum Gasteiger partial charge on any atom is -0.394 e. The van der Waals surface area contributed by atoms with Gasteiger partial charge >= 0.3 is 0 Å². The Bertz CT molecular complexity index is 444. The second-order valence-corrected chi connectivity index (χ2v) is 5.09. The maximum atomic E-state index is 11.8. The average molecular weight is 266 g/mol. The second-order valence-electron chi connectivity index (χ2n) is 5.09. The molecule has 1 aliphatic heterocycles. The summed E-state index contributed by atoms with van der Waals surface area (Å²) >= 11 is 0. The summed E-state index contributed by atoms with van der Waals surface area (Å²) in [6.07, 6.45) is 2.77. The third-order valence-electron chi connectivity index (χ3n) is 3.50. The summed E-state index contributed by atoms with van der Waals surface area (Å²) in [6.45, 7) is 6.57. The van der Waals surface area contributed by atoms with Crippen molar-refractivity contribution in [2.45, 2.75) is 45.9 Å². The second kappa shape index (κ2) is 6.16. The van der Waals surface area contributed by atoms with Crippen LogP contribution < -0.4 is 5.32 Å². The molecule has 6 nitrogen and oxygen atoms in total. The molecule has 0 bridgehead atoms. The number of aliphatic hydroxyl groups is 1. The number of fused-ring (bicyclic) bond motifs is 1. The molecule has 19 heavy (non-hydrogen) atoms. The molecule has 0 saturated heterocycles. The molecule has 1 aromatic heterocycles. The van der Waals surface area contributed by atoms with Crippen LogP contribution in [0.4, 0.5) is 0 Å². The van der Waals surface area contributed by atoms with E-state index < -0.39 is 0 Å². The Morgan fingerprint density at radius 3 is 3.05 bits per heavy atom. The summed E-state index contributed by atoms with van der Waals surface area (Å²) in [6, 6.07) is 0.224. The molecule has 0 fully saturated rings. The maximum Gasteiger partial charge on any atom is 0.234 e. The fourth-order valence-electron chi connectivity index (χ4n) is 2.30. The first-order chi connectivity index (χ1) is 9.13. The predicted octanol–water partition coefficient (Wildman–Crippen LogP) is 0.106. The number of hydrogen-bond donors (Lipinski definition) is 2. The number of hydrogen-bond acceptors (Lipinski definition) is 4. The Morgan fingerprint density at radius 2 is 2.37 bits per heavy atom. The van der Waals surface area contributed by atoms with Gasteiger partial charge in [-0.05, 0) is 13.3 Å². The van der Waals surface area contributed by atoms with Crippen LogP contribution in [-0.2, 0) is 24.4 Å². The maximum absolute atomic E-state index is 11.8. The lowest BCUT2D eigenvalue weighted by Gasteiger charge is -2.17. The van der Waals surface area contributed by atoms with E-state index in [1.807, 2.05) is 17.8 Å². The molecular weight excluding hydrogens is 244 g/mol. The van der Waals surface area contributed by atoms with Crippen LogP contribution >= 0.6 is 0 Å². The third kappa shape index (κ3) is 3.33. The highest BCUT2D eigenvalue weighted by atomic mass is 16.3. The molecule has 1 atom stereocenters. The Hall–Kier alpha value is -1.40. The summed E-state index contributed by atoms with van der Waals surface area (Å²) in [4.78, 5) is 13.9. The van der Waals surface area contributed by atoms with E-state index in [1.165, 1.54) is 0 Å². The highest BCUT2D eigenvalue weighted by molar-refractivity contribution is 5.78. The van der Waals surface area contributed by atoms with E-state index >= 15 is 0 Å². The average Bonchev–Trinajstić information content (AvgIpc) is 2.91. The third-order valence-corrected chi connectivity index (χ3v) is 3.50. The number of amides is 1. The van der Waals surface area contributed by atoms with Gasteiger partial charge in [-0.1, -0.05) is 6.92 Å². The highest BCUT2D eigenvalue weighted by Crippen LogP contribution is 2.21. The lowest BCUT2D eigenvalue weighted by Crippen LogP contribution is -2.39. The van der Waals surface area contributed by atoms with Crippen LogP contribution in [0.2, 0.25) is 0 Å². The predicted molar refractivity (Wildman–Crippen MR) is 71.3 cm³/mol. The van der Waals surface area contributed by atoms with Crippen molar-refractivity contribution in [3.8, 4) is 0 Å². The van der Waals surface area contributed by atoms with Gasteiger partial charge in [-0.3, -0.25) is 14.4 Å². The first-order valence-electron chi connectivity index (χ1n) is 6.80. The van der Waals surface area contributed by atoms with E-state index in [0.717, 1.165) is 30.8 Å². The van der Waals surface area contributed by atoms with Crippen molar-refractivity contribution in [3.63, 3.8) is 0 Å². The van der Waals surface area contributed by atoms with Gasteiger partial charge in [-0.15, -0.1) is 0 Å². The summed E-state index contributed by atoms with van der Waals surface area (Å²) in [5.41, 5.74) is 2.27. The van der Waals surface area contributed by atoms with Crippen LogP contribution in [0.3, 0.4) is 0 Å². The number of carbonyl (C=O) groups is 1. The molecule has 0 unspecified atom stereocenters. The summed E-state index contributed by atoms with van der Waals surface area (Å²) in [5, 5.41) is 16.2. The number of nitrogens with one attached hydrogen (secondary N) is 1. The largest absolute Gasteiger partial charge is 0.394 e.